The standard InChI is InChI=1S/C16H18N4O/c17-10-15-13-4-2-1-3-11(13)6-8-20(15)12-5-7-19-14(9-12)16(18)21/h1-5,7,9,15H,6,8,10,17H2,(H2,18,21). The van der Waals surface area contributed by atoms with Crippen LogP contribution in [0.3, 0.4) is 0 Å². The van der Waals surface area contributed by atoms with Crippen molar-refractivity contribution in [2.75, 3.05) is 18.0 Å². The zero-order chi connectivity index (χ0) is 14.8. The number of primary amides is 1. The van der Waals surface area contributed by atoms with Gasteiger partial charge in [0.05, 0.1) is 6.04 Å². The van der Waals surface area contributed by atoms with Gasteiger partial charge < -0.3 is 16.4 Å². The third-order valence-electron chi connectivity index (χ3n) is 3.96. The van der Waals surface area contributed by atoms with Crippen LogP contribution in [0, 0.1) is 0 Å². The fourth-order valence-corrected chi connectivity index (χ4v) is 2.95. The summed E-state index contributed by atoms with van der Waals surface area (Å²) in [5.41, 5.74) is 15.1. The second-order valence-corrected chi connectivity index (χ2v) is 5.16. The van der Waals surface area contributed by atoms with E-state index >= 15 is 0 Å². The molecule has 0 bridgehead atoms. The van der Waals surface area contributed by atoms with Gasteiger partial charge in [0.15, 0.2) is 0 Å². The van der Waals surface area contributed by atoms with E-state index in [2.05, 4.69) is 28.1 Å². The molecule has 5 nitrogen and oxygen atoms in total. The number of carbonyl (C=O) groups is 1. The van der Waals surface area contributed by atoms with Gasteiger partial charge in [-0.25, -0.2) is 0 Å². The SMILES string of the molecule is NCC1c2ccccc2CCN1c1ccnc(C(N)=O)c1. The summed E-state index contributed by atoms with van der Waals surface area (Å²) in [5.74, 6) is -0.515. The molecule has 0 fully saturated rings. The number of aromatic nitrogens is 1. The van der Waals surface area contributed by atoms with Gasteiger partial charge >= 0.3 is 0 Å². The lowest BCUT2D eigenvalue weighted by Gasteiger charge is -2.38. The Kier molecular flexibility index (Phi) is 3.58. The second-order valence-electron chi connectivity index (χ2n) is 5.16. The number of rotatable bonds is 3. The second kappa shape index (κ2) is 5.54. The predicted octanol–water partition coefficient (Wildman–Crippen LogP) is 1.24. The van der Waals surface area contributed by atoms with Gasteiger partial charge in [-0.15, -0.1) is 0 Å². The first-order chi connectivity index (χ1) is 10.2. The van der Waals surface area contributed by atoms with Gasteiger partial charge in [-0.2, -0.15) is 0 Å². The van der Waals surface area contributed by atoms with Gasteiger partial charge in [0.25, 0.3) is 5.91 Å². The Labute approximate surface area is 123 Å². The number of carbonyl (C=O) groups excluding carboxylic acids is 1. The average Bonchev–Trinajstić information content (AvgIpc) is 2.53. The normalized spacial score (nSPS) is 17.4. The number of hydrogen-bond acceptors (Lipinski definition) is 4. The van der Waals surface area contributed by atoms with Crippen molar-refractivity contribution in [1.29, 1.82) is 0 Å². The van der Waals surface area contributed by atoms with Gasteiger partial charge in [-0.05, 0) is 29.7 Å². The molecule has 2 heterocycles. The smallest absolute Gasteiger partial charge is 0.267 e. The summed E-state index contributed by atoms with van der Waals surface area (Å²) in [6.45, 7) is 1.38. The van der Waals surface area contributed by atoms with Crippen molar-refractivity contribution in [3.05, 3.63) is 59.4 Å². The summed E-state index contributed by atoms with van der Waals surface area (Å²) in [4.78, 5) is 17.5. The molecular formula is C16H18N4O. The third kappa shape index (κ3) is 2.48. The van der Waals surface area contributed by atoms with Crippen LogP contribution >= 0.6 is 0 Å². The number of nitrogens with zero attached hydrogens (tertiary/aromatic N) is 2. The van der Waals surface area contributed by atoms with Gasteiger partial charge in [0.1, 0.15) is 5.69 Å². The fourth-order valence-electron chi connectivity index (χ4n) is 2.95. The van der Waals surface area contributed by atoms with E-state index in [1.54, 1.807) is 12.3 Å². The van der Waals surface area contributed by atoms with Crippen molar-refractivity contribution in [3.63, 3.8) is 0 Å². The molecule has 0 radical (unpaired) electrons. The van der Waals surface area contributed by atoms with Crippen LogP contribution in [0.4, 0.5) is 5.69 Å². The molecule has 0 saturated heterocycles. The molecule has 2 aromatic rings. The van der Waals surface area contributed by atoms with Gasteiger partial charge in [-0.1, -0.05) is 24.3 Å². The first kappa shape index (κ1) is 13.6. The van der Waals surface area contributed by atoms with E-state index in [9.17, 15) is 4.79 Å². The maximum absolute atomic E-state index is 11.3. The van der Waals surface area contributed by atoms with Crippen molar-refractivity contribution in [2.24, 2.45) is 11.5 Å². The van der Waals surface area contributed by atoms with Crippen LogP contribution < -0.4 is 16.4 Å². The molecule has 3 rings (SSSR count). The summed E-state index contributed by atoms with van der Waals surface area (Å²) in [6.07, 6.45) is 2.57. The molecule has 4 N–H and O–H groups in total. The molecule has 0 spiro atoms. The van der Waals surface area contributed by atoms with E-state index in [4.69, 9.17) is 11.5 Å². The van der Waals surface area contributed by atoms with Crippen molar-refractivity contribution < 1.29 is 4.79 Å². The molecule has 0 aliphatic carbocycles. The third-order valence-corrected chi connectivity index (χ3v) is 3.96. The molecule has 1 aromatic carbocycles. The first-order valence-electron chi connectivity index (χ1n) is 7.01. The van der Waals surface area contributed by atoms with E-state index < -0.39 is 5.91 Å². The number of amides is 1. The Morgan fingerprint density at radius 1 is 1.33 bits per heavy atom. The highest BCUT2D eigenvalue weighted by Crippen LogP contribution is 2.33. The minimum absolute atomic E-state index is 0.109. The fraction of sp³-hybridized carbons (Fsp3) is 0.250. The van der Waals surface area contributed by atoms with Crippen LogP contribution in [0.5, 0.6) is 0 Å². The Morgan fingerprint density at radius 3 is 2.90 bits per heavy atom. The summed E-state index contributed by atoms with van der Waals surface area (Å²) < 4.78 is 0. The molecule has 0 saturated carbocycles. The van der Waals surface area contributed by atoms with Crippen molar-refractivity contribution >= 4 is 11.6 Å². The number of fused-ring (bicyclic) bond motifs is 1. The lowest BCUT2D eigenvalue weighted by atomic mass is 9.92. The molecule has 5 heteroatoms. The Balaban J connectivity index is 2.00. The molecule has 108 valence electrons. The number of benzene rings is 1. The van der Waals surface area contributed by atoms with E-state index in [1.165, 1.54) is 11.1 Å². The maximum Gasteiger partial charge on any atom is 0.267 e. The van der Waals surface area contributed by atoms with Crippen molar-refractivity contribution in [3.8, 4) is 0 Å². The van der Waals surface area contributed by atoms with Gasteiger partial charge in [0, 0.05) is 25.0 Å². The molecule has 1 aliphatic rings. The summed E-state index contributed by atoms with van der Waals surface area (Å²) in [7, 11) is 0. The molecule has 21 heavy (non-hydrogen) atoms. The number of hydrogen-bond donors (Lipinski definition) is 2. The van der Waals surface area contributed by atoms with E-state index in [1.807, 2.05) is 12.1 Å². The quantitative estimate of drug-likeness (QED) is 0.887. The predicted molar refractivity (Wildman–Crippen MR) is 82.0 cm³/mol. The molecular weight excluding hydrogens is 264 g/mol. The number of anilines is 1. The number of pyridine rings is 1. The highest BCUT2D eigenvalue weighted by molar-refractivity contribution is 5.91. The van der Waals surface area contributed by atoms with Crippen LogP contribution in [0.25, 0.3) is 0 Å². The van der Waals surface area contributed by atoms with Crippen LogP contribution in [0.2, 0.25) is 0 Å². The first-order valence-corrected chi connectivity index (χ1v) is 7.01. The van der Waals surface area contributed by atoms with E-state index in [0.29, 0.717) is 6.54 Å². The molecule has 1 aliphatic heterocycles. The minimum atomic E-state index is -0.515. The number of nitrogens with two attached hydrogens (primary N) is 2. The monoisotopic (exact) mass is 282 g/mol. The highest BCUT2D eigenvalue weighted by Gasteiger charge is 2.26. The van der Waals surface area contributed by atoms with Gasteiger partial charge in [0.2, 0.25) is 0 Å². The van der Waals surface area contributed by atoms with Crippen LogP contribution in [0.15, 0.2) is 42.6 Å². The summed E-state index contributed by atoms with van der Waals surface area (Å²) in [5, 5.41) is 0. The highest BCUT2D eigenvalue weighted by atomic mass is 16.1. The van der Waals surface area contributed by atoms with Crippen LogP contribution in [-0.2, 0) is 6.42 Å². The Morgan fingerprint density at radius 2 is 2.14 bits per heavy atom. The topological polar surface area (TPSA) is 85.2 Å². The van der Waals surface area contributed by atoms with Crippen molar-refractivity contribution in [2.45, 2.75) is 12.5 Å². The summed E-state index contributed by atoms with van der Waals surface area (Å²) >= 11 is 0. The lowest BCUT2D eigenvalue weighted by molar-refractivity contribution is 0.0995. The summed E-state index contributed by atoms with van der Waals surface area (Å²) in [6, 6.07) is 12.1. The molecule has 1 aromatic heterocycles. The zero-order valence-corrected chi connectivity index (χ0v) is 11.7. The van der Waals surface area contributed by atoms with E-state index in [0.717, 1.165) is 18.7 Å². The minimum Gasteiger partial charge on any atom is -0.364 e. The van der Waals surface area contributed by atoms with Gasteiger partial charge in [-0.3, -0.25) is 9.78 Å². The van der Waals surface area contributed by atoms with Crippen molar-refractivity contribution in [1.82, 2.24) is 4.98 Å². The van der Waals surface area contributed by atoms with E-state index in [-0.39, 0.29) is 11.7 Å². The molecule has 1 unspecified atom stereocenters. The largest absolute Gasteiger partial charge is 0.364 e. The molecule has 1 amide bonds. The maximum atomic E-state index is 11.3. The Hall–Kier alpha value is -2.40. The Bertz CT molecular complexity index is 671. The van der Waals surface area contributed by atoms with Crippen LogP contribution in [0.1, 0.15) is 27.7 Å². The van der Waals surface area contributed by atoms with Crippen LogP contribution in [-0.4, -0.2) is 24.0 Å². The molecule has 1 atom stereocenters. The lowest BCUT2D eigenvalue weighted by Crippen LogP contribution is -2.39. The zero-order valence-electron chi connectivity index (χ0n) is 11.7. The average molecular weight is 282 g/mol.